The average molecular weight is 428 g/mol. The molecule has 2 aromatic heterocycles. The molecule has 4 heterocycles. The van der Waals surface area contributed by atoms with Crippen molar-refractivity contribution >= 4 is 16.9 Å². The molecule has 2 aliphatic heterocycles. The van der Waals surface area contributed by atoms with Gasteiger partial charge in [0.15, 0.2) is 12.5 Å². The Morgan fingerprint density at radius 3 is 2.43 bits per heavy atom. The first-order chi connectivity index (χ1) is 14.3. The van der Waals surface area contributed by atoms with Gasteiger partial charge in [-0.15, -0.1) is 0 Å². The molecule has 4 rings (SSSR count). The summed E-state index contributed by atoms with van der Waals surface area (Å²) in [6, 6.07) is 1.66. The van der Waals surface area contributed by atoms with Crippen LogP contribution in [0.4, 0.5) is 5.82 Å². The number of aliphatic hydroxyl groups excluding tert-OH is 6. The van der Waals surface area contributed by atoms with Gasteiger partial charge in [0.05, 0.1) is 18.6 Å². The van der Waals surface area contributed by atoms with Crippen LogP contribution in [0.15, 0.2) is 18.6 Å². The number of aromatic nitrogens is 3. The predicted molar refractivity (Wildman–Crippen MR) is 97.6 cm³/mol. The van der Waals surface area contributed by atoms with Crippen molar-refractivity contribution in [2.24, 2.45) is 0 Å². The van der Waals surface area contributed by atoms with E-state index in [1.165, 1.54) is 10.9 Å². The van der Waals surface area contributed by atoms with Crippen LogP contribution in [0.5, 0.6) is 0 Å². The molecule has 2 aromatic rings. The van der Waals surface area contributed by atoms with Gasteiger partial charge in [0.1, 0.15) is 60.5 Å². The zero-order valence-electron chi connectivity index (χ0n) is 15.7. The Labute approximate surface area is 169 Å². The number of rotatable bonds is 5. The topological polar surface area (TPSA) is 206 Å². The molecule has 0 bridgehead atoms. The van der Waals surface area contributed by atoms with E-state index in [4.69, 9.17) is 19.9 Å². The molecule has 166 valence electrons. The largest absolute Gasteiger partial charge is 0.394 e. The predicted octanol–water partition coefficient (Wildman–Crippen LogP) is -3.55. The zero-order valence-corrected chi connectivity index (χ0v) is 15.7. The monoisotopic (exact) mass is 428 g/mol. The van der Waals surface area contributed by atoms with Gasteiger partial charge in [-0.25, -0.2) is 9.97 Å². The first-order valence-corrected chi connectivity index (χ1v) is 9.34. The number of ether oxygens (including phenoxy) is 3. The van der Waals surface area contributed by atoms with Crippen molar-refractivity contribution < 1.29 is 44.8 Å². The number of nitrogens with zero attached hydrogens (tertiary/aromatic N) is 3. The van der Waals surface area contributed by atoms with E-state index >= 15 is 0 Å². The Kier molecular flexibility index (Phi) is 5.89. The smallest absolute Gasteiger partial charge is 0.186 e. The molecule has 9 atom stereocenters. The number of aliphatic hydroxyl groups is 6. The van der Waals surface area contributed by atoms with Crippen molar-refractivity contribution in [2.75, 3.05) is 18.9 Å². The van der Waals surface area contributed by atoms with Gasteiger partial charge in [-0.3, -0.25) is 0 Å². The number of anilines is 1. The van der Waals surface area contributed by atoms with E-state index in [9.17, 15) is 30.6 Å². The van der Waals surface area contributed by atoms with Crippen LogP contribution >= 0.6 is 0 Å². The van der Waals surface area contributed by atoms with E-state index in [1.807, 2.05) is 0 Å². The van der Waals surface area contributed by atoms with Gasteiger partial charge in [-0.2, -0.15) is 0 Å². The van der Waals surface area contributed by atoms with Crippen molar-refractivity contribution in [2.45, 2.75) is 55.2 Å². The second-order valence-corrected chi connectivity index (χ2v) is 7.30. The lowest BCUT2D eigenvalue weighted by Gasteiger charge is -2.39. The van der Waals surface area contributed by atoms with Crippen molar-refractivity contribution in [1.82, 2.24) is 14.5 Å². The maximum atomic E-state index is 10.5. The maximum Gasteiger partial charge on any atom is 0.186 e. The third-order valence-electron chi connectivity index (χ3n) is 5.42. The molecule has 9 unspecified atom stereocenters. The van der Waals surface area contributed by atoms with E-state index in [2.05, 4.69) is 9.97 Å². The average Bonchev–Trinajstić information content (AvgIpc) is 3.28. The summed E-state index contributed by atoms with van der Waals surface area (Å²) in [6.07, 6.45) is -8.99. The van der Waals surface area contributed by atoms with E-state index < -0.39 is 61.9 Å². The molecule has 13 nitrogen and oxygen atoms in total. The van der Waals surface area contributed by atoms with Crippen molar-refractivity contribution in [1.29, 1.82) is 0 Å². The number of fused-ring (bicyclic) bond motifs is 1. The Hall–Kier alpha value is -1.94. The third-order valence-corrected chi connectivity index (χ3v) is 5.42. The van der Waals surface area contributed by atoms with Crippen LogP contribution in [0.1, 0.15) is 6.23 Å². The van der Waals surface area contributed by atoms with Crippen molar-refractivity contribution in [3.05, 3.63) is 18.6 Å². The fourth-order valence-corrected chi connectivity index (χ4v) is 3.69. The molecule has 13 heteroatoms. The molecule has 0 radical (unpaired) electrons. The van der Waals surface area contributed by atoms with Crippen LogP contribution in [0.2, 0.25) is 0 Å². The summed E-state index contributed by atoms with van der Waals surface area (Å²) in [5, 5.41) is 60.3. The molecule has 2 saturated heterocycles. The Balaban J connectivity index is 1.45. The van der Waals surface area contributed by atoms with Crippen LogP contribution in [0.3, 0.4) is 0 Å². The first kappa shape index (κ1) is 21.3. The molecular weight excluding hydrogens is 404 g/mol. The second-order valence-electron chi connectivity index (χ2n) is 7.30. The number of hydrogen-bond donors (Lipinski definition) is 7. The van der Waals surface area contributed by atoms with Gasteiger partial charge < -0.3 is 55.2 Å². The summed E-state index contributed by atoms with van der Waals surface area (Å²) < 4.78 is 17.9. The molecule has 0 aromatic carbocycles. The lowest BCUT2D eigenvalue weighted by molar-refractivity contribution is -0.306. The standard InChI is InChI=1S/C17H24N4O9/c18-14-6-1-2-21(15(6)20-5-19-14)16-12(26)10(24)8(29-16)4-28-17-13(27)11(25)9(23)7(3-22)30-17/h1-2,5,7-13,16-17,22-27H,3-4H2,(H2,18,19,20). The van der Waals surface area contributed by atoms with E-state index in [0.717, 1.165) is 0 Å². The minimum atomic E-state index is -1.59. The molecule has 30 heavy (non-hydrogen) atoms. The van der Waals surface area contributed by atoms with E-state index in [1.54, 1.807) is 12.3 Å². The lowest BCUT2D eigenvalue weighted by atomic mass is 9.99. The van der Waals surface area contributed by atoms with Gasteiger partial charge in [-0.1, -0.05) is 0 Å². The minimum absolute atomic E-state index is 0.259. The van der Waals surface area contributed by atoms with E-state index in [0.29, 0.717) is 11.0 Å². The first-order valence-electron chi connectivity index (χ1n) is 9.34. The molecule has 0 amide bonds. The number of nitrogen functional groups attached to an aromatic ring is 1. The maximum absolute atomic E-state index is 10.5. The van der Waals surface area contributed by atoms with Crippen molar-refractivity contribution in [3.8, 4) is 0 Å². The van der Waals surface area contributed by atoms with Crippen LogP contribution in [-0.4, -0.2) is 107 Å². The number of nitrogens with two attached hydrogens (primary N) is 1. The highest BCUT2D eigenvalue weighted by Crippen LogP contribution is 2.33. The summed E-state index contributed by atoms with van der Waals surface area (Å²) in [4.78, 5) is 8.03. The Morgan fingerprint density at radius 2 is 1.70 bits per heavy atom. The normalized spacial score (nSPS) is 39.6. The quantitative estimate of drug-likeness (QED) is 0.247. The highest BCUT2D eigenvalue weighted by Gasteiger charge is 2.47. The summed E-state index contributed by atoms with van der Waals surface area (Å²) in [7, 11) is 0. The van der Waals surface area contributed by atoms with Gasteiger partial charge in [0.2, 0.25) is 0 Å². The van der Waals surface area contributed by atoms with E-state index in [-0.39, 0.29) is 12.4 Å². The summed E-state index contributed by atoms with van der Waals surface area (Å²) in [6.45, 7) is -0.909. The van der Waals surface area contributed by atoms with Crippen LogP contribution < -0.4 is 5.73 Å². The van der Waals surface area contributed by atoms with Gasteiger partial charge in [0, 0.05) is 6.20 Å². The lowest BCUT2D eigenvalue weighted by Crippen LogP contribution is -2.59. The van der Waals surface area contributed by atoms with Gasteiger partial charge >= 0.3 is 0 Å². The SMILES string of the molecule is Nc1ncnc2c1ccn2C1OC(COC2OC(CO)C(O)C(O)C2O)C(O)C1O. The highest BCUT2D eigenvalue weighted by molar-refractivity contribution is 5.86. The Bertz CT molecular complexity index is 880. The van der Waals surface area contributed by atoms with Crippen LogP contribution in [-0.2, 0) is 14.2 Å². The van der Waals surface area contributed by atoms with Crippen LogP contribution in [0, 0.1) is 0 Å². The molecule has 0 aliphatic carbocycles. The summed E-state index contributed by atoms with van der Waals surface area (Å²) in [5.41, 5.74) is 6.22. The fourth-order valence-electron chi connectivity index (χ4n) is 3.69. The third kappa shape index (κ3) is 3.53. The molecule has 0 saturated carbocycles. The fraction of sp³-hybridized carbons (Fsp3) is 0.647. The molecule has 2 fully saturated rings. The van der Waals surface area contributed by atoms with Crippen LogP contribution in [0.25, 0.3) is 11.0 Å². The zero-order chi connectivity index (χ0) is 21.6. The van der Waals surface area contributed by atoms with Crippen molar-refractivity contribution in [3.63, 3.8) is 0 Å². The minimum Gasteiger partial charge on any atom is -0.394 e. The molecule has 0 spiro atoms. The Morgan fingerprint density at radius 1 is 0.967 bits per heavy atom. The van der Waals surface area contributed by atoms with Gasteiger partial charge in [0.25, 0.3) is 0 Å². The summed E-state index contributed by atoms with van der Waals surface area (Å²) >= 11 is 0. The highest BCUT2D eigenvalue weighted by atomic mass is 16.7. The summed E-state index contributed by atoms with van der Waals surface area (Å²) in [5.74, 6) is 0.259. The molecule has 2 aliphatic rings. The second kappa shape index (κ2) is 8.30. The molecular formula is C17H24N4O9. The number of hydrogen-bond acceptors (Lipinski definition) is 12. The molecule has 8 N–H and O–H groups in total. The van der Waals surface area contributed by atoms with Gasteiger partial charge in [-0.05, 0) is 6.07 Å².